The molecule has 0 bridgehead atoms. The third kappa shape index (κ3) is 2.41. The Kier molecular flexibility index (Phi) is 3.79. The first-order valence-electron chi connectivity index (χ1n) is 9.43. The molecule has 3 saturated heterocycles. The zero-order valence-corrected chi connectivity index (χ0v) is 15.0. The van der Waals surface area contributed by atoms with Crippen molar-refractivity contribution in [2.24, 2.45) is 16.7 Å². The van der Waals surface area contributed by atoms with Gasteiger partial charge in [0, 0.05) is 58.8 Å². The van der Waals surface area contributed by atoms with E-state index in [1.54, 1.807) is 4.90 Å². The first-order chi connectivity index (χ1) is 11.5. The van der Waals surface area contributed by atoms with Crippen LogP contribution in [0, 0.1) is 16.7 Å². The molecule has 0 aromatic rings. The minimum absolute atomic E-state index is 0.0611. The van der Waals surface area contributed by atoms with Crippen molar-refractivity contribution in [3.05, 3.63) is 0 Å². The fraction of sp³-hybridized carbons (Fsp3) is 0.889. The number of nitrogens with zero attached hydrogens (tertiary/aromatic N) is 3. The second-order valence-corrected chi connectivity index (χ2v) is 8.65. The number of carbonyl (C=O) groups excluding carboxylic acids is 2. The maximum absolute atomic E-state index is 12.8. The summed E-state index contributed by atoms with van der Waals surface area (Å²) in [6, 6.07) is 0.0996. The van der Waals surface area contributed by atoms with Crippen LogP contribution in [-0.2, 0) is 4.79 Å². The van der Waals surface area contributed by atoms with Crippen molar-refractivity contribution in [2.75, 3.05) is 53.4 Å². The van der Waals surface area contributed by atoms with E-state index < -0.39 is 0 Å². The number of likely N-dealkylation sites (tertiary alicyclic amines) is 2. The van der Waals surface area contributed by atoms with Gasteiger partial charge in [-0.3, -0.25) is 4.79 Å². The van der Waals surface area contributed by atoms with Gasteiger partial charge in [0.05, 0.1) is 5.41 Å². The lowest BCUT2D eigenvalue weighted by Gasteiger charge is -2.47. The van der Waals surface area contributed by atoms with Crippen LogP contribution >= 0.6 is 0 Å². The highest BCUT2D eigenvalue weighted by Crippen LogP contribution is 2.56. The van der Waals surface area contributed by atoms with Crippen molar-refractivity contribution in [1.82, 2.24) is 20.0 Å². The predicted molar refractivity (Wildman–Crippen MR) is 91.5 cm³/mol. The number of piperidine rings is 1. The van der Waals surface area contributed by atoms with Crippen LogP contribution < -0.4 is 5.32 Å². The standard InChI is InChI=1S/C18H30N4O2/c1-20(2)16(24)22-9-6-17(7-10-22)12-21(11-14-3-4-14)13-18(17)5-8-19-15(18)23/h14H,3-13H2,1-2H3,(H,19,23). The summed E-state index contributed by atoms with van der Waals surface area (Å²) < 4.78 is 0. The van der Waals surface area contributed by atoms with E-state index in [4.69, 9.17) is 0 Å². The van der Waals surface area contributed by atoms with Crippen LogP contribution in [-0.4, -0.2) is 80.0 Å². The SMILES string of the molecule is CN(C)C(=O)N1CCC2(CC1)CN(CC1CC1)CC21CCNC1=O. The Morgan fingerprint density at radius 2 is 1.92 bits per heavy atom. The molecule has 4 rings (SSSR count). The van der Waals surface area contributed by atoms with Gasteiger partial charge < -0.3 is 20.0 Å². The molecule has 0 aromatic heterocycles. The third-order valence-corrected chi connectivity index (χ3v) is 6.89. The molecular weight excluding hydrogens is 304 g/mol. The highest BCUT2D eigenvalue weighted by Gasteiger charge is 2.63. The minimum Gasteiger partial charge on any atom is -0.356 e. The van der Waals surface area contributed by atoms with E-state index in [0.29, 0.717) is 0 Å². The van der Waals surface area contributed by atoms with Gasteiger partial charge in [0.1, 0.15) is 0 Å². The first kappa shape index (κ1) is 16.2. The summed E-state index contributed by atoms with van der Waals surface area (Å²) in [5.41, 5.74) is -0.152. The van der Waals surface area contributed by atoms with Crippen molar-refractivity contribution < 1.29 is 9.59 Å². The van der Waals surface area contributed by atoms with Crippen molar-refractivity contribution in [1.29, 1.82) is 0 Å². The van der Waals surface area contributed by atoms with Crippen LogP contribution in [0.3, 0.4) is 0 Å². The lowest BCUT2D eigenvalue weighted by Crippen LogP contribution is -2.54. The molecule has 4 aliphatic rings. The summed E-state index contributed by atoms with van der Waals surface area (Å²) >= 11 is 0. The van der Waals surface area contributed by atoms with E-state index in [2.05, 4.69) is 10.2 Å². The van der Waals surface area contributed by atoms with Crippen LogP contribution in [0.15, 0.2) is 0 Å². The van der Waals surface area contributed by atoms with Gasteiger partial charge in [-0.2, -0.15) is 0 Å². The Bertz CT molecular complexity index is 537. The molecule has 2 spiro atoms. The van der Waals surface area contributed by atoms with Gasteiger partial charge in [0.25, 0.3) is 0 Å². The molecular formula is C18H30N4O2. The number of fused-ring (bicyclic) bond motifs is 1. The van der Waals surface area contributed by atoms with Gasteiger partial charge in [-0.05, 0) is 38.0 Å². The number of amides is 3. The predicted octanol–water partition coefficient (Wildman–Crippen LogP) is 0.982. The van der Waals surface area contributed by atoms with Crippen molar-refractivity contribution in [3.8, 4) is 0 Å². The average molecular weight is 334 g/mol. The monoisotopic (exact) mass is 334 g/mol. The normalized spacial score (nSPS) is 32.6. The Morgan fingerprint density at radius 1 is 1.21 bits per heavy atom. The van der Waals surface area contributed by atoms with E-state index >= 15 is 0 Å². The largest absolute Gasteiger partial charge is 0.356 e. The Labute approximate surface area is 144 Å². The number of urea groups is 1. The average Bonchev–Trinajstić information content (AvgIpc) is 3.22. The van der Waals surface area contributed by atoms with Crippen LogP contribution in [0.1, 0.15) is 32.1 Å². The lowest BCUT2D eigenvalue weighted by atomic mass is 9.60. The second-order valence-electron chi connectivity index (χ2n) is 8.65. The summed E-state index contributed by atoms with van der Waals surface area (Å²) in [4.78, 5) is 31.2. The van der Waals surface area contributed by atoms with Crippen LogP contribution in [0.5, 0.6) is 0 Å². The quantitative estimate of drug-likeness (QED) is 0.819. The van der Waals surface area contributed by atoms with Crippen LogP contribution in [0.25, 0.3) is 0 Å². The van der Waals surface area contributed by atoms with Crippen molar-refractivity contribution >= 4 is 11.9 Å². The number of rotatable bonds is 2. The van der Waals surface area contributed by atoms with Gasteiger partial charge in [0.2, 0.25) is 5.91 Å². The third-order valence-electron chi connectivity index (χ3n) is 6.89. The molecule has 3 aliphatic heterocycles. The molecule has 1 saturated carbocycles. The summed E-state index contributed by atoms with van der Waals surface area (Å²) in [6.07, 6.45) is 5.60. The fourth-order valence-electron chi connectivity index (χ4n) is 5.35. The van der Waals surface area contributed by atoms with Gasteiger partial charge in [-0.25, -0.2) is 4.79 Å². The minimum atomic E-state index is -0.213. The maximum Gasteiger partial charge on any atom is 0.319 e. The maximum atomic E-state index is 12.8. The van der Waals surface area contributed by atoms with E-state index in [1.165, 1.54) is 12.8 Å². The summed E-state index contributed by atoms with van der Waals surface area (Å²) in [5.74, 6) is 1.13. The Balaban J connectivity index is 1.53. The van der Waals surface area contributed by atoms with Gasteiger partial charge in [-0.1, -0.05) is 0 Å². The lowest BCUT2D eigenvalue weighted by molar-refractivity contribution is -0.133. The molecule has 1 atom stereocenters. The molecule has 134 valence electrons. The van der Waals surface area contributed by atoms with E-state index in [9.17, 15) is 9.59 Å². The number of hydrogen-bond acceptors (Lipinski definition) is 3. The molecule has 24 heavy (non-hydrogen) atoms. The van der Waals surface area contributed by atoms with E-state index in [-0.39, 0.29) is 22.8 Å². The highest BCUT2D eigenvalue weighted by atomic mass is 16.2. The molecule has 0 aromatic carbocycles. The fourth-order valence-corrected chi connectivity index (χ4v) is 5.35. The summed E-state index contributed by atoms with van der Waals surface area (Å²) in [7, 11) is 3.62. The second kappa shape index (κ2) is 5.61. The zero-order valence-electron chi connectivity index (χ0n) is 15.0. The Morgan fingerprint density at radius 3 is 2.46 bits per heavy atom. The molecule has 6 heteroatoms. The number of hydrogen-bond donors (Lipinski definition) is 1. The molecule has 6 nitrogen and oxygen atoms in total. The molecule has 3 heterocycles. The molecule has 1 N–H and O–H groups in total. The van der Waals surface area contributed by atoms with Crippen molar-refractivity contribution in [3.63, 3.8) is 0 Å². The van der Waals surface area contributed by atoms with Crippen molar-refractivity contribution in [2.45, 2.75) is 32.1 Å². The van der Waals surface area contributed by atoms with E-state index in [0.717, 1.165) is 64.4 Å². The number of nitrogens with one attached hydrogen (secondary N) is 1. The van der Waals surface area contributed by atoms with Crippen LogP contribution in [0.2, 0.25) is 0 Å². The van der Waals surface area contributed by atoms with Gasteiger partial charge in [-0.15, -0.1) is 0 Å². The molecule has 0 radical (unpaired) electrons. The van der Waals surface area contributed by atoms with Crippen LogP contribution in [0.4, 0.5) is 4.79 Å². The summed E-state index contributed by atoms with van der Waals surface area (Å²) in [5, 5.41) is 3.11. The smallest absolute Gasteiger partial charge is 0.319 e. The first-order valence-corrected chi connectivity index (χ1v) is 9.43. The van der Waals surface area contributed by atoms with E-state index in [1.807, 2.05) is 19.0 Å². The summed E-state index contributed by atoms with van der Waals surface area (Å²) in [6.45, 7) is 5.51. The molecule has 4 fully saturated rings. The zero-order chi connectivity index (χ0) is 16.9. The molecule has 1 unspecified atom stereocenters. The number of carbonyl (C=O) groups is 2. The molecule has 3 amide bonds. The highest BCUT2D eigenvalue weighted by molar-refractivity contribution is 5.86. The van der Waals surface area contributed by atoms with Gasteiger partial charge in [0.15, 0.2) is 0 Å². The topological polar surface area (TPSA) is 55.9 Å². The van der Waals surface area contributed by atoms with Gasteiger partial charge >= 0.3 is 6.03 Å². The molecule has 1 aliphatic carbocycles. The Hall–Kier alpha value is -1.30.